The van der Waals surface area contributed by atoms with E-state index in [-0.39, 0.29) is 17.3 Å². The third-order valence-corrected chi connectivity index (χ3v) is 3.14. The Morgan fingerprint density at radius 2 is 1.83 bits per heavy atom. The van der Waals surface area contributed by atoms with Crippen molar-refractivity contribution >= 4 is 17.5 Å². The molecule has 0 unspecified atom stereocenters. The average molecular weight is 320 g/mol. The summed E-state index contributed by atoms with van der Waals surface area (Å²) in [7, 11) is 1.11. The number of benzene rings is 1. The molecule has 1 aromatic rings. The maximum atomic E-state index is 11.6. The van der Waals surface area contributed by atoms with Crippen molar-refractivity contribution in [1.82, 2.24) is 0 Å². The van der Waals surface area contributed by atoms with E-state index in [0.29, 0.717) is 11.3 Å². The smallest absolute Gasteiger partial charge is 0.378 e. The summed E-state index contributed by atoms with van der Waals surface area (Å²) in [5.41, 5.74) is 1.19. The van der Waals surface area contributed by atoms with E-state index in [1.807, 2.05) is 40.7 Å². The normalized spacial score (nSPS) is 12.2. The summed E-state index contributed by atoms with van der Waals surface area (Å²) in [5, 5.41) is 10.3. The summed E-state index contributed by atoms with van der Waals surface area (Å²) >= 11 is 0. The lowest BCUT2D eigenvalue weighted by Crippen LogP contribution is -2.15. The van der Waals surface area contributed by atoms with Crippen LogP contribution in [0.4, 0.5) is 0 Å². The van der Waals surface area contributed by atoms with Crippen LogP contribution >= 0.6 is 0 Å². The average Bonchev–Trinajstić information content (AvgIpc) is 2.44. The van der Waals surface area contributed by atoms with Crippen molar-refractivity contribution in [3.8, 4) is 5.75 Å². The number of esters is 1. The van der Waals surface area contributed by atoms with E-state index in [1.54, 1.807) is 12.1 Å². The fraction of sp³-hybridized carbons (Fsp3) is 0.444. The Balaban J connectivity index is 3.36. The molecule has 126 valence electrons. The molecule has 5 nitrogen and oxygen atoms in total. The zero-order valence-corrected chi connectivity index (χ0v) is 14.5. The van der Waals surface area contributed by atoms with Gasteiger partial charge in [0, 0.05) is 6.08 Å². The SMILES string of the molecule is COC(=O)C(=O)/C=C(\O)c1cc(C(C)(C)C)ccc1OC(C)C. The van der Waals surface area contributed by atoms with Crippen molar-refractivity contribution in [2.75, 3.05) is 7.11 Å². The molecule has 0 saturated carbocycles. The number of aliphatic hydroxyl groups excluding tert-OH is 1. The van der Waals surface area contributed by atoms with Crippen molar-refractivity contribution in [2.45, 2.75) is 46.1 Å². The van der Waals surface area contributed by atoms with Gasteiger partial charge in [-0.3, -0.25) is 4.79 Å². The second-order valence-electron chi connectivity index (χ2n) is 6.51. The minimum atomic E-state index is -1.03. The summed E-state index contributed by atoms with van der Waals surface area (Å²) in [6.07, 6.45) is 0.749. The number of hydrogen-bond acceptors (Lipinski definition) is 5. The van der Waals surface area contributed by atoms with Crippen LogP contribution in [-0.4, -0.2) is 30.1 Å². The van der Waals surface area contributed by atoms with E-state index in [1.165, 1.54) is 0 Å². The van der Waals surface area contributed by atoms with Crippen molar-refractivity contribution in [3.05, 3.63) is 35.4 Å². The van der Waals surface area contributed by atoms with Crippen LogP contribution in [0.5, 0.6) is 5.75 Å². The van der Waals surface area contributed by atoms with Crippen LogP contribution < -0.4 is 4.74 Å². The minimum Gasteiger partial charge on any atom is -0.507 e. The summed E-state index contributed by atoms with van der Waals surface area (Å²) in [5.74, 6) is -1.85. The van der Waals surface area contributed by atoms with Gasteiger partial charge in [0.15, 0.2) is 0 Å². The highest BCUT2D eigenvalue weighted by molar-refractivity contribution is 6.39. The fourth-order valence-electron chi connectivity index (χ4n) is 1.91. The van der Waals surface area contributed by atoms with Gasteiger partial charge in [0.25, 0.3) is 5.78 Å². The van der Waals surface area contributed by atoms with Crippen molar-refractivity contribution < 1.29 is 24.2 Å². The van der Waals surface area contributed by atoms with Crippen LogP contribution in [0.3, 0.4) is 0 Å². The molecule has 0 atom stereocenters. The maximum absolute atomic E-state index is 11.6. The lowest BCUT2D eigenvalue weighted by Gasteiger charge is -2.22. The first kappa shape index (κ1) is 18.7. The van der Waals surface area contributed by atoms with E-state index in [9.17, 15) is 14.7 Å². The topological polar surface area (TPSA) is 72.8 Å². The molecule has 1 aromatic carbocycles. The first-order valence-corrected chi connectivity index (χ1v) is 7.40. The van der Waals surface area contributed by atoms with Crippen molar-refractivity contribution in [3.63, 3.8) is 0 Å². The van der Waals surface area contributed by atoms with E-state index < -0.39 is 11.8 Å². The molecule has 5 heteroatoms. The number of ketones is 1. The molecule has 0 heterocycles. The van der Waals surface area contributed by atoms with Gasteiger partial charge in [0.1, 0.15) is 11.5 Å². The third-order valence-electron chi connectivity index (χ3n) is 3.14. The predicted octanol–water partition coefficient (Wildman–Crippen LogP) is 3.41. The number of methoxy groups -OCH3 is 1. The number of aliphatic hydroxyl groups is 1. The Morgan fingerprint density at radius 1 is 1.22 bits per heavy atom. The fourth-order valence-corrected chi connectivity index (χ4v) is 1.91. The standard InChI is InChI=1S/C18H24O5/c1-11(2)23-16-8-7-12(18(3,4)5)9-13(16)14(19)10-15(20)17(21)22-6/h7-11,19H,1-6H3/b14-10-. The molecule has 0 aromatic heterocycles. The molecule has 1 N–H and O–H groups in total. The molecule has 0 aliphatic carbocycles. The van der Waals surface area contributed by atoms with Gasteiger partial charge >= 0.3 is 5.97 Å². The zero-order chi connectivity index (χ0) is 17.8. The molecule has 0 bridgehead atoms. The van der Waals surface area contributed by atoms with Crippen LogP contribution in [-0.2, 0) is 19.7 Å². The molecule has 23 heavy (non-hydrogen) atoms. The van der Waals surface area contributed by atoms with Gasteiger partial charge < -0.3 is 14.6 Å². The molecule has 0 aliphatic heterocycles. The Kier molecular flexibility index (Phi) is 5.96. The first-order valence-electron chi connectivity index (χ1n) is 7.40. The number of rotatable bonds is 5. The van der Waals surface area contributed by atoms with E-state index in [4.69, 9.17) is 4.74 Å². The summed E-state index contributed by atoms with van der Waals surface area (Å²) in [6, 6.07) is 5.42. The Labute approximate surface area is 136 Å². The van der Waals surface area contributed by atoms with Crippen molar-refractivity contribution in [1.29, 1.82) is 0 Å². The number of carbonyl (C=O) groups is 2. The zero-order valence-electron chi connectivity index (χ0n) is 14.5. The van der Waals surface area contributed by atoms with E-state index >= 15 is 0 Å². The summed E-state index contributed by atoms with van der Waals surface area (Å²) < 4.78 is 10.0. The van der Waals surface area contributed by atoms with Crippen LogP contribution in [0.1, 0.15) is 45.7 Å². The van der Waals surface area contributed by atoms with Gasteiger partial charge in [-0.05, 0) is 37.0 Å². The van der Waals surface area contributed by atoms with Gasteiger partial charge in [-0.1, -0.05) is 26.8 Å². The molecule has 0 spiro atoms. The van der Waals surface area contributed by atoms with Gasteiger partial charge in [-0.25, -0.2) is 4.79 Å². The second kappa shape index (κ2) is 7.31. The molecule has 0 amide bonds. The first-order chi connectivity index (χ1) is 10.6. The van der Waals surface area contributed by atoms with Crippen LogP contribution in [0.2, 0.25) is 0 Å². The molecule has 0 aliphatic rings. The molecular weight excluding hydrogens is 296 g/mol. The monoisotopic (exact) mass is 320 g/mol. The lowest BCUT2D eigenvalue weighted by molar-refractivity contribution is -0.149. The number of hydrogen-bond donors (Lipinski definition) is 1. The number of ether oxygens (including phenoxy) is 2. The lowest BCUT2D eigenvalue weighted by atomic mass is 9.86. The van der Waals surface area contributed by atoms with E-state index in [0.717, 1.165) is 18.7 Å². The minimum absolute atomic E-state index is 0.0988. The van der Waals surface area contributed by atoms with Crippen LogP contribution in [0.25, 0.3) is 5.76 Å². The Bertz CT molecular complexity index is 621. The molecule has 0 radical (unpaired) electrons. The molecule has 0 fully saturated rings. The van der Waals surface area contributed by atoms with Gasteiger partial charge in [-0.2, -0.15) is 0 Å². The maximum Gasteiger partial charge on any atom is 0.378 e. The van der Waals surface area contributed by atoms with Crippen LogP contribution in [0, 0.1) is 0 Å². The molecule has 0 saturated heterocycles. The largest absolute Gasteiger partial charge is 0.507 e. The highest BCUT2D eigenvalue weighted by atomic mass is 16.5. The quantitative estimate of drug-likeness (QED) is 0.389. The van der Waals surface area contributed by atoms with Gasteiger partial charge in [0.05, 0.1) is 18.8 Å². The van der Waals surface area contributed by atoms with E-state index in [2.05, 4.69) is 4.74 Å². The predicted molar refractivity (Wildman–Crippen MR) is 88.5 cm³/mol. The second-order valence-corrected chi connectivity index (χ2v) is 6.51. The summed E-state index contributed by atoms with van der Waals surface area (Å²) in [6.45, 7) is 9.84. The number of carbonyl (C=O) groups excluding carboxylic acids is 2. The molecule has 1 rings (SSSR count). The Morgan fingerprint density at radius 3 is 2.30 bits per heavy atom. The van der Waals surface area contributed by atoms with Crippen LogP contribution in [0.15, 0.2) is 24.3 Å². The third kappa shape index (κ3) is 5.13. The van der Waals surface area contributed by atoms with Gasteiger partial charge in [-0.15, -0.1) is 0 Å². The highest BCUT2D eigenvalue weighted by Gasteiger charge is 2.20. The summed E-state index contributed by atoms with van der Waals surface area (Å²) in [4.78, 5) is 22.8. The van der Waals surface area contributed by atoms with Crippen molar-refractivity contribution in [2.24, 2.45) is 0 Å². The highest BCUT2D eigenvalue weighted by Crippen LogP contribution is 2.32. The Hall–Kier alpha value is -2.30. The molecular formula is C18H24O5. The van der Waals surface area contributed by atoms with Gasteiger partial charge in [0.2, 0.25) is 0 Å².